The van der Waals surface area contributed by atoms with Crippen molar-refractivity contribution in [1.82, 2.24) is 9.97 Å². The molecule has 2 aromatic carbocycles. The summed E-state index contributed by atoms with van der Waals surface area (Å²) in [4.78, 5) is 10.4. The van der Waals surface area contributed by atoms with E-state index in [1.165, 1.54) is 31.1 Å². The zero-order valence-corrected chi connectivity index (χ0v) is 23.5. The molecular formula is C29H25ClF3N3OS2. The molecule has 5 aromatic rings. The second-order valence-corrected chi connectivity index (χ2v) is 10.8. The van der Waals surface area contributed by atoms with Crippen LogP contribution in [0.15, 0.2) is 90.1 Å². The topological polar surface area (TPSA) is 61.0 Å². The maximum atomic E-state index is 13.1. The van der Waals surface area contributed by atoms with Gasteiger partial charge in [-0.1, -0.05) is 48.0 Å². The fraction of sp³-hybridized carbons (Fsp3) is 0.172. The van der Waals surface area contributed by atoms with Gasteiger partial charge in [0.1, 0.15) is 0 Å². The number of thiophene rings is 1. The lowest BCUT2D eigenvalue weighted by atomic mass is 9.99. The molecule has 1 atom stereocenters. The number of halogens is 4. The van der Waals surface area contributed by atoms with E-state index < -0.39 is 12.1 Å². The number of methoxy groups -OCH3 is 1. The van der Waals surface area contributed by atoms with E-state index in [-0.39, 0.29) is 5.56 Å². The second kappa shape index (κ2) is 12.8. The van der Waals surface area contributed by atoms with Crippen molar-refractivity contribution in [2.75, 3.05) is 7.11 Å². The van der Waals surface area contributed by atoms with Crippen LogP contribution in [0.3, 0.4) is 0 Å². The van der Waals surface area contributed by atoms with Crippen molar-refractivity contribution in [1.29, 1.82) is 0 Å². The highest BCUT2D eigenvalue weighted by Gasteiger charge is 2.37. The van der Waals surface area contributed by atoms with E-state index in [1.54, 1.807) is 36.8 Å². The number of hydrogen-bond donors (Lipinski definition) is 1. The van der Waals surface area contributed by atoms with Gasteiger partial charge < -0.3 is 4.74 Å². The van der Waals surface area contributed by atoms with Crippen molar-refractivity contribution < 1.29 is 17.9 Å². The van der Waals surface area contributed by atoms with Gasteiger partial charge in [0.25, 0.3) is 0 Å². The summed E-state index contributed by atoms with van der Waals surface area (Å²) < 4.78 is 45.3. The van der Waals surface area contributed by atoms with Gasteiger partial charge >= 0.3 is 6.18 Å². The molecule has 5 rings (SSSR count). The number of rotatable bonds is 6. The lowest BCUT2D eigenvalue weighted by Crippen LogP contribution is -2.17. The van der Waals surface area contributed by atoms with Crippen LogP contribution in [0.4, 0.5) is 13.2 Å². The van der Waals surface area contributed by atoms with Crippen molar-refractivity contribution in [2.45, 2.75) is 30.3 Å². The smallest absolute Gasteiger partial charge is 0.395 e. The lowest BCUT2D eigenvalue weighted by molar-refractivity contribution is -0.146. The summed E-state index contributed by atoms with van der Waals surface area (Å²) in [5.74, 6) is -0.930. The third-order valence-corrected chi connectivity index (χ3v) is 8.09. The van der Waals surface area contributed by atoms with Crippen molar-refractivity contribution >= 4 is 45.0 Å². The molecule has 202 valence electrons. The first-order valence-electron chi connectivity index (χ1n) is 11.8. The van der Waals surface area contributed by atoms with Crippen molar-refractivity contribution in [3.8, 4) is 17.1 Å². The number of hydrogen-bond acceptors (Lipinski definition) is 6. The molecule has 0 radical (unpaired) electrons. The van der Waals surface area contributed by atoms with Gasteiger partial charge in [-0.3, -0.25) is 10.1 Å². The molecule has 0 fully saturated rings. The zero-order chi connectivity index (χ0) is 28.0. The number of fused-ring (bicyclic) bond motifs is 1. The summed E-state index contributed by atoms with van der Waals surface area (Å²) in [5, 5.41) is 7.05. The van der Waals surface area contributed by atoms with Gasteiger partial charge in [0.05, 0.1) is 18.7 Å². The Morgan fingerprint density at radius 2 is 1.82 bits per heavy atom. The number of aromatic nitrogens is 2. The van der Waals surface area contributed by atoms with Crippen LogP contribution in [-0.2, 0) is 6.42 Å². The molecule has 0 spiro atoms. The second-order valence-electron chi connectivity index (χ2n) is 8.60. The van der Waals surface area contributed by atoms with Gasteiger partial charge in [-0.05, 0) is 65.7 Å². The third-order valence-electron chi connectivity index (χ3n) is 6.02. The first-order valence-corrected chi connectivity index (χ1v) is 13.9. The van der Waals surface area contributed by atoms with Crippen LogP contribution >= 0.6 is 34.9 Å². The van der Waals surface area contributed by atoms with E-state index >= 15 is 0 Å². The quantitative estimate of drug-likeness (QED) is 0.201. The van der Waals surface area contributed by atoms with Crippen LogP contribution in [0.1, 0.15) is 28.8 Å². The molecule has 0 saturated heterocycles. The average Bonchev–Trinajstić information content (AvgIpc) is 3.36. The third kappa shape index (κ3) is 7.30. The molecule has 0 aliphatic rings. The number of benzene rings is 2. The largest absolute Gasteiger partial charge is 0.481 e. The number of nitrogens with two attached hydrogens (primary N) is 1. The molecule has 2 N–H and O–H groups in total. The molecule has 39 heavy (non-hydrogen) atoms. The zero-order valence-electron chi connectivity index (χ0n) is 21.1. The Labute approximate surface area is 238 Å². The van der Waals surface area contributed by atoms with Gasteiger partial charge in [0.15, 0.2) is 0 Å². The molecule has 0 aliphatic heterocycles. The number of pyridine rings is 2. The first-order chi connectivity index (χ1) is 18.7. The highest BCUT2D eigenvalue weighted by molar-refractivity contribution is 7.97. The maximum Gasteiger partial charge on any atom is 0.395 e. The summed E-state index contributed by atoms with van der Waals surface area (Å²) in [7, 11) is 1.58. The standard InChI is InChI=1S/C23H17ClF3NS.C6H8N2OS/c1-14(23(25,26)27)15-9-10-28-21(13-15)19-7-4-6-17-12-18(29-22(17)19)11-16-5-2-3-8-20(16)24;1-9-6-3-2-5(10-7)4-8-6/h2-10,12-14H,11H2,1H3;2-4H,7H2,1H3/t14-;/m1./s1. The SMILES string of the molecule is COc1ccc(SN)cn1.C[C@H](c1ccnc(-c2cccc3cc(Cc4ccccc4Cl)sc23)c1)C(F)(F)F. The molecule has 4 nitrogen and oxygen atoms in total. The Morgan fingerprint density at radius 3 is 2.49 bits per heavy atom. The van der Waals surface area contributed by atoms with Gasteiger partial charge in [-0.25, -0.2) is 4.98 Å². The van der Waals surface area contributed by atoms with Crippen LogP contribution in [-0.4, -0.2) is 23.3 Å². The summed E-state index contributed by atoms with van der Waals surface area (Å²) in [6.45, 7) is 1.17. The fourth-order valence-corrected chi connectivity index (χ4v) is 5.51. The Hall–Kier alpha value is -3.11. The van der Waals surface area contributed by atoms with E-state index in [4.69, 9.17) is 21.5 Å². The first kappa shape index (κ1) is 28.9. The fourth-order valence-electron chi connectivity index (χ4n) is 3.84. The minimum absolute atomic E-state index is 0.215. The van der Waals surface area contributed by atoms with Crippen LogP contribution < -0.4 is 9.88 Å². The molecule has 0 saturated carbocycles. The van der Waals surface area contributed by atoms with Crippen LogP contribution in [0.2, 0.25) is 5.02 Å². The van der Waals surface area contributed by atoms with Crippen LogP contribution in [0.5, 0.6) is 5.88 Å². The average molecular weight is 588 g/mol. The lowest BCUT2D eigenvalue weighted by Gasteiger charge is -2.16. The summed E-state index contributed by atoms with van der Waals surface area (Å²) >= 11 is 9.08. The Balaban J connectivity index is 0.000000298. The molecular weight excluding hydrogens is 563 g/mol. The number of alkyl halides is 3. The van der Waals surface area contributed by atoms with Gasteiger partial charge in [0, 0.05) is 49.9 Å². The molecule has 0 aliphatic carbocycles. The predicted octanol–water partition coefficient (Wildman–Crippen LogP) is 8.93. The molecule has 3 heterocycles. The molecule has 0 bridgehead atoms. The van der Waals surface area contributed by atoms with Gasteiger partial charge in [-0.15, -0.1) is 11.3 Å². The van der Waals surface area contributed by atoms with Gasteiger partial charge in [-0.2, -0.15) is 13.2 Å². The van der Waals surface area contributed by atoms with E-state index in [1.807, 2.05) is 48.5 Å². The predicted molar refractivity (Wildman–Crippen MR) is 155 cm³/mol. The molecule has 0 amide bonds. The summed E-state index contributed by atoms with van der Waals surface area (Å²) in [5.41, 5.74) is 2.65. The number of ether oxygens (including phenoxy) is 1. The Kier molecular flexibility index (Phi) is 9.50. The maximum absolute atomic E-state index is 13.1. The van der Waals surface area contributed by atoms with Crippen LogP contribution in [0, 0.1) is 0 Å². The van der Waals surface area contributed by atoms with Crippen molar-refractivity contribution in [2.24, 2.45) is 5.14 Å². The van der Waals surface area contributed by atoms with E-state index in [0.29, 0.717) is 18.0 Å². The molecule has 3 aromatic heterocycles. The summed E-state index contributed by atoms with van der Waals surface area (Å²) in [6, 6.07) is 22.2. The minimum Gasteiger partial charge on any atom is -0.481 e. The Morgan fingerprint density at radius 1 is 1.03 bits per heavy atom. The highest BCUT2D eigenvalue weighted by atomic mass is 35.5. The minimum atomic E-state index is -4.28. The normalized spacial score (nSPS) is 12.1. The molecule has 0 unspecified atom stereocenters. The van der Waals surface area contributed by atoms with E-state index in [0.717, 1.165) is 36.0 Å². The van der Waals surface area contributed by atoms with Crippen LogP contribution in [0.25, 0.3) is 21.3 Å². The van der Waals surface area contributed by atoms with Gasteiger partial charge in [0.2, 0.25) is 5.88 Å². The number of nitrogens with zero attached hydrogens (tertiary/aromatic N) is 2. The Bertz CT molecular complexity index is 1520. The summed E-state index contributed by atoms with van der Waals surface area (Å²) in [6.07, 6.45) is -0.458. The highest BCUT2D eigenvalue weighted by Crippen LogP contribution is 2.38. The van der Waals surface area contributed by atoms with E-state index in [2.05, 4.69) is 16.0 Å². The monoisotopic (exact) mass is 587 g/mol. The van der Waals surface area contributed by atoms with Crippen molar-refractivity contribution in [3.05, 3.63) is 106 Å². The molecule has 10 heteroatoms. The van der Waals surface area contributed by atoms with E-state index in [9.17, 15) is 13.2 Å². The van der Waals surface area contributed by atoms with Crippen molar-refractivity contribution in [3.63, 3.8) is 0 Å².